The van der Waals surface area contributed by atoms with Gasteiger partial charge >= 0.3 is 5.97 Å². The second-order valence-electron chi connectivity index (χ2n) is 6.07. The summed E-state index contributed by atoms with van der Waals surface area (Å²) in [6.07, 6.45) is 5.12. The average molecular weight is 238 g/mol. The fraction of sp³-hybridized carbons (Fsp3) is 0.857. The Hall–Kier alpha value is -0.860. The first-order valence-corrected chi connectivity index (χ1v) is 6.59. The Bertz CT molecular complexity index is 319. The van der Waals surface area contributed by atoms with Crippen LogP contribution in [0.4, 0.5) is 0 Å². The summed E-state index contributed by atoms with van der Waals surface area (Å²) in [7, 11) is 1.47. The number of rotatable bonds is 3. The van der Waals surface area contributed by atoms with Crippen LogP contribution in [-0.4, -0.2) is 18.9 Å². The highest BCUT2D eigenvalue weighted by Gasteiger charge is 2.55. The maximum Gasteiger partial charge on any atom is 0.311 e. The lowest BCUT2D eigenvalue weighted by Crippen LogP contribution is -2.50. The molecule has 3 fully saturated rings. The molecule has 96 valence electrons. The first-order valence-electron chi connectivity index (χ1n) is 6.59. The Labute approximate surface area is 103 Å². The molecule has 0 N–H and O–H groups in total. The van der Waals surface area contributed by atoms with Crippen LogP contribution >= 0.6 is 0 Å². The highest BCUT2D eigenvalue weighted by molar-refractivity contribution is 5.88. The molecule has 0 aromatic rings. The Balaban J connectivity index is 2.15. The van der Waals surface area contributed by atoms with Gasteiger partial charge in [-0.3, -0.25) is 9.59 Å². The predicted octanol–water partition coefficient (Wildman–Crippen LogP) is 2.73. The van der Waals surface area contributed by atoms with E-state index in [1.165, 1.54) is 7.11 Å². The van der Waals surface area contributed by atoms with Crippen molar-refractivity contribution in [3.8, 4) is 0 Å². The minimum absolute atomic E-state index is 0.0669. The summed E-state index contributed by atoms with van der Waals surface area (Å²) in [6, 6.07) is 0. The zero-order chi connectivity index (χ0) is 12.7. The molecule has 3 aliphatic carbocycles. The van der Waals surface area contributed by atoms with Crippen molar-refractivity contribution in [3.63, 3.8) is 0 Å². The van der Waals surface area contributed by atoms with Crippen molar-refractivity contribution in [1.82, 2.24) is 0 Å². The molecule has 3 aliphatic rings. The van der Waals surface area contributed by atoms with Crippen LogP contribution in [-0.2, 0) is 14.3 Å². The summed E-state index contributed by atoms with van der Waals surface area (Å²) in [5.41, 5.74) is -0.391. The Kier molecular flexibility index (Phi) is 3.04. The monoisotopic (exact) mass is 238 g/mol. The summed E-state index contributed by atoms with van der Waals surface area (Å²) in [6.45, 7) is 3.96. The van der Waals surface area contributed by atoms with Crippen LogP contribution in [0.5, 0.6) is 0 Å². The number of ether oxygens (including phenoxy) is 1. The Morgan fingerprint density at radius 1 is 0.941 bits per heavy atom. The van der Waals surface area contributed by atoms with E-state index in [1.54, 1.807) is 0 Å². The largest absolute Gasteiger partial charge is 0.469 e. The van der Waals surface area contributed by atoms with Gasteiger partial charge < -0.3 is 4.74 Å². The Morgan fingerprint density at radius 3 is 1.71 bits per heavy atom. The number of Topliss-reactive ketones (excluding diaryl/α,β-unsaturated/α-hetero) is 1. The molecule has 17 heavy (non-hydrogen) atoms. The molecule has 3 saturated carbocycles. The third-order valence-corrected chi connectivity index (χ3v) is 4.91. The number of carbonyl (C=O) groups excluding carboxylic acids is 2. The van der Waals surface area contributed by atoms with Crippen molar-refractivity contribution in [3.05, 3.63) is 0 Å². The number of hydrogen-bond acceptors (Lipinski definition) is 3. The molecule has 0 atom stereocenters. The smallest absolute Gasteiger partial charge is 0.311 e. The lowest BCUT2D eigenvalue weighted by atomic mass is 9.51. The average Bonchev–Trinajstić information content (AvgIpc) is 2.38. The van der Waals surface area contributed by atoms with Crippen LogP contribution in [0.1, 0.15) is 52.4 Å². The molecule has 0 unspecified atom stereocenters. The molecular weight excluding hydrogens is 216 g/mol. The van der Waals surface area contributed by atoms with Crippen molar-refractivity contribution in [2.24, 2.45) is 16.7 Å². The SMILES string of the molecule is COC(=O)C12CCC(C(=O)C(C)C)(CC1)CC2. The number of esters is 1. The van der Waals surface area contributed by atoms with E-state index in [0.717, 1.165) is 38.5 Å². The molecule has 3 heteroatoms. The quantitative estimate of drug-likeness (QED) is 0.710. The van der Waals surface area contributed by atoms with E-state index in [0.29, 0.717) is 5.78 Å². The van der Waals surface area contributed by atoms with Crippen LogP contribution < -0.4 is 0 Å². The topological polar surface area (TPSA) is 43.4 Å². The fourth-order valence-corrected chi connectivity index (χ4v) is 3.69. The second-order valence-corrected chi connectivity index (χ2v) is 6.07. The van der Waals surface area contributed by atoms with E-state index >= 15 is 0 Å². The van der Waals surface area contributed by atoms with Gasteiger partial charge in [-0.15, -0.1) is 0 Å². The second kappa shape index (κ2) is 4.11. The lowest BCUT2D eigenvalue weighted by molar-refractivity contribution is -0.166. The Morgan fingerprint density at radius 2 is 1.35 bits per heavy atom. The number of hydrogen-bond donors (Lipinski definition) is 0. The highest BCUT2D eigenvalue weighted by atomic mass is 16.5. The van der Waals surface area contributed by atoms with Crippen LogP contribution in [0.2, 0.25) is 0 Å². The van der Waals surface area contributed by atoms with Crippen LogP contribution in [0.15, 0.2) is 0 Å². The van der Waals surface area contributed by atoms with Gasteiger partial charge in [0.2, 0.25) is 0 Å². The molecule has 0 saturated heterocycles. The van der Waals surface area contributed by atoms with Gasteiger partial charge in [-0.25, -0.2) is 0 Å². The maximum absolute atomic E-state index is 12.3. The van der Waals surface area contributed by atoms with Gasteiger partial charge in [0, 0.05) is 11.3 Å². The van der Waals surface area contributed by atoms with Crippen molar-refractivity contribution < 1.29 is 14.3 Å². The van der Waals surface area contributed by atoms with Crippen molar-refractivity contribution in [2.45, 2.75) is 52.4 Å². The molecule has 0 heterocycles. The normalized spacial score (nSPS) is 36.0. The zero-order valence-corrected chi connectivity index (χ0v) is 11.0. The summed E-state index contributed by atoms with van der Waals surface area (Å²) < 4.78 is 4.93. The third-order valence-electron chi connectivity index (χ3n) is 4.91. The standard InChI is InChI=1S/C14H22O3/c1-10(2)11(15)13-4-7-14(8-5-13,9-6-13)12(16)17-3/h10H,4-9H2,1-3H3. The van der Waals surface area contributed by atoms with Crippen LogP contribution in [0.25, 0.3) is 0 Å². The molecule has 0 aliphatic heterocycles. The fourth-order valence-electron chi connectivity index (χ4n) is 3.69. The lowest BCUT2D eigenvalue weighted by Gasteiger charge is -2.51. The summed E-state index contributed by atoms with van der Waals surface area (Å²) in [5, 5.41) is 0. The van der Waals surface area contributed by atoms with Crippen LogP contribution in [0.3, 0.4) is 0 Å². The van der Waals surface area contributed by atoms with Gasteiger partial charge in [0.05, 0.1) is 12.5 Å². The van der Waals surface area contributed by atoms with E-state index < -0.39 is 0 Å². The molecule has 0 aromatic heterocycles. The number of carbonyl (C=O) groups is 2. The predicted molar refractivity (Wildman–Crippen MR) is 64.4 cm³/mol. The van der Waals surface area contributed by atoms with Gasteiger partial charge in [-0.05, 0) is 38.5 Å². The molecule has 0 amide bonds. The number of methoxy groups -OCH3 is 1. The molecule has 3 rings (SSSR count). The zero-order valence-electron chi connectivity index (χ0n) is 11.0. The highest BCUT2D eigenvalue weighted by Crippen LogP contribution is 2.58. The molecule has 0 aromatic carbocycles. The van der Waals surface area contributed by atoms with Crippen molar-refractivity contribution >= 4 is 11.8 Å². The van der Waals surface area contributed by atoms with Gasteiger partial charge in [0.1, 0.15) is 5.78 Å². The maximum atomic E-state index is 12.3. The molecular formula is C14H22O3. The van der Waals surface area contributed by atoms with Crippen LogP contribution in [0, 0.1) is 16.7 Å². The van der Waals surface area contributed by atoms with Crippen molar-refractivity contribution in [2.75, 3.05) is 7.11 Å². The van der Waals surface area contributed by atoms with Gasteiger partial charge in [0.25, 0.3) is 0 Å². The van der Waals surface area contributed by atoms with Crippen molar-refractivity contribution in [1.29, 1.82) is 0 Å². The minimum atomic E-state index is -0.270. The third kappa shape index (κ3) is 1.80. The summed E-state index contributed by atoms with van der Waals surface area (Å²) in [4.78, 5) is 24.1. The van der Waals surface area contributed by atoms with Gasteiger partial charge in [-0.1, -0.05) is 13.8 Å². The summed E-state index contributed by atoms with van der Waals surface area (Å²) >= 11 is 0. The van der Waals surface area contributed by atoms with E-state index in [9.17, 15) is 9.59 Å². The molecule has 2 bridgehead atoms. The first-order chi connectivity index (χ1) is 7.96. The molecule has 0 radical (unpaired) electrons. The minimum Gasteiger partial charge on any atom is -0.469 e. The molecule has 3 nitrogen and oxygen atoms in total. The first kappa shape index (κ1) is 12.6. The number of fused-ring (bicyclic) bond motifs is 3. The van der Waals surface area contributed by atoms with Gasteiger partial charge in [0.15, 0.2) is 0 Å². The summed E-state index contributed by atoms with van der Waals surface area (Å²) in [5.74, 6) is 0.442. The molecule has 0 spiro atoms. The van der Waals surface area contributed by atoms with E-state index in [1.807, 2.05) is 13.8 Å². The number of ketones is 1. The van der Waals surface area contributed by atoms with E-state index in [2.05, 4.69) is 0 Å². The van der Waals surface area contributed by atoms with E-state index in [-0.39, 0.29) is 22.7 Å². The van der Waals surface area contributed by atoms with E-state index in [4.69, 9.17) is 4.74 Å². The van der Waals surface area contributed by atoms with Gasteiger partial charge in [-0.2, -0.15) is 0 Å².